The van der Waals surface area contributed by atoms with Crippen molar-refractivity contribution >= 4 is 5.97 Å². The number of hydrogen-bond donors (Lipinski definition) is 0. The Morgan fingerprint density at radius 1 is 1.22 bits per heavy atom. The van der Waals surface area contributed by atoms with Crippen molar-refractivity contribution < 1.29 is 9.53 Å². The zero-order chi connectivity index (χ0) is 13.8. The Morgan fingerprint density at radius 3 is 2.22 bits per heavy atom. The largest absolute Gasteiger partial charge is 0.461 e. The van der Waals surface area contributed by atoms with Gasteiger partial charge in [0.2, 0.25) is 0 Å². The summed E-state index contributed by atoms with van der Waals surface area (Å²) in [7, 11) is 0. The molecular formula is C16H22O2. The first-order valence-corrected chi connectivity index (χ1v) is 6.18. The molecule has 0 amide bonds. The van der Waals surface area contributed by atoms with Gasteiger partial charge in [-0.2, -0.15) is 0 Å². The van der Waals surface area contributed by atoms with Gasteiger partial charge in [-0.25, -0.2) is 0 Å². The van der Waals surface area contributed by atoms with Gasteiger partial charge in [-0.05, 0) is 28.5 Å². The molecule has 0 aromatic heterocycles. The van der Waals surface area contributed by atoms with E-state index in [0.29, 0.717) is 6.61 Å². The SMILES string of the molecule is C=C(COC(C)=O)Cc1ccc(C(C)(C)C)cc1. The standard InChI is InChI=1S/C16H22O2/c1-12(11-18-13(2)17)10-14-6-8-15(9-7-14)16(3,4)5/h6-9H,1,10-11H2,2-5H3. The van der Waals surface area contributed by atoms with E-state index < -0.39 is 0 Å². The number of benzene rings is 1. The Hall–Kier alpha value is -1.57. The van der Waals surface area contributed by atoms with Gasteiger partial charge < -0.3 is 4.74 Å². The Kier molecular flexibility index (Phi) is 4.71. The maximum absolute atomic E-state index is 10.7. The van der Waals surface area contributed by atoms with Crippen molar-refractivity contribution in [3.8, 4) is 0 Å². The van der Waals surface area contributed by atoms with Crippen molar-refractivity contribution in [2.75, 3.05) is 6.61 Å². The van der Waals surface area contributed by atoms with Crippen LogP contribution in [0.3, 0.4) is 0 Å². The van der Waals surface area contributed by atoms with Crippen LogP contribution in [0.25, 0.3) is 0 Å². The van der Waals surface area contributed by atoms with Gasteiger partial charge in [0.25, 0.3) is 0 Å². The molecular weight excluding hydrogens is 224 g/mol. The lowest BCUT2D eigenvalue weighted by Crippen LogP contribution is -2.11. The lowest BCUT2D eigenvalue weighted by molar-refractivity contribution is -0.140. The van der Waals surface area contributed by atoms with Crippen molar-refractivity contribution in [2.45, 2.75) is 39.5 Å². The van der Waals surface area contributed by atoms with Crippen LogP contribution >= 0.6 is 0 Å². The first-order chi connectivity index (χ1) is 8.29. The van der Waals surface area contributed by atoms with Gasteiger partial charge in [-0.15, -0.1) is 0 Å². The summed E-state index contributed by atoms with van der Waals surface area (Å²) in [6, 6.07) is 8.52. The highest BCUT2D eigenvalue weighted by Gasteiger charge is 2.12. The molecule has 0 saturated carbocycles. The number of rotatable bonds is 4. The summed E-state index contributed by atoms with van der Waals surface area (Å²) in [4.78, 5) is 10.7. The highest BCUT2D eigenvalue weighted by molar-refractivity contribution is 5.66. The first kappa shape index (κ1) is 14.5. The molecule has 0 saturated heterocycles. The molecule has 0 fully saturated rings. The van der Waals surface area contributed by atoms with E-state index in [0.717, 1.165) is 12.0 Å². The zero-order valence-corrected chi connectivity index (χ0v) is 11.7. The molecule has 0 aliphatic heterocycles. The molecule has 0 atom stereocenters. The van der Waals surface area contributed by atoms with Crippen LogP contribution in [0.1, 0.15) is 38.8 Å². The number of carbonyl (C=O) groups excluding carboxylic acids is 1. The third kappa shape index (κ3) is 4.74. The fourth-order valence-electron chi connectivity index (χ4n) is 1.67. The molecule has 0 unspecified atom stereocenters. The summed E-state index contributed by atoms with van der Waals surface area (Å²) in [5.74, 6) is -0.265. The molecule has 1 aromatic carbocycles. The summed E-state index contributed by atoms with van der Waals surface area (Å²) in [5, 5.41) is 0. The van der Waals surface area contributed by atoms with Crippen molar-refractivity contribution in [1.82, 2.24) is 0 Å². The fraction of sp³-hybridized carbons (Fsp3) is 0.438. The van der Waals surface area contributed by atoms with E-state index in [9.17, 15) is 4.79 Å². The molecule has 0 radical (unpaired) electrons. The van der Waals surface area contributed by atoms with Gasteiger partial charge in [0.05, 0.1) is 0 Å². The third-order valence-corrected chi connectivity index (χ3v) is 2.75. The van der Waals surface area contributed by atoms with Gasteiger partial charge in [-0.3, -0.25) is 4.79 Å². The third-order valence-electron chi connectivity index (χ3n) is 2.75. The second-order valence-corrected chi connectivity index (χ2v) is 5.65. The van der Waals surface area contributed by atoms with Gasteiger partial charge in [0, 0.05) is 6.92 Å². The average Bonchev–Trinajstić information content (AvgIpc) is 2.26. The normalized spacial score (nSPS) is 11.1. The quantitative estimate of drug-likeness (QED) is 0.599. The van der Waals surface area contributed by atoms with Crippen LogP contribution in [0.4, 0.5) is 0 Å². The molecule has 18 heavy (non-hydrogen) atoms. The summed E-state index contributed by atoms with van der Waals surface area (Å²) >= 11 is 0. The van der Waals surface area contributed by atoms with Crippen LogP contribution < -0.4 is 0 Å². The molecule has 0 heterocycles. The molecule has 0 aliphatic carbocycles. The molecule has 98 valence electrons. The van der Waals surface area contributed by atoms with Gasteiger partial charge in [0.1, 0.15) is 6.61 Å². The summed E-state index contributed by atoms with van der Waals surface area (Å²) < 4.78 is 4.92. The maximum Gasteiger partial charge on any atom is 0.302 e. The maximum atomic E-state index is 10.7. The summed E-state index contributed by atoms with van der Waals surface area (Å²) in [6.07, 6.45) is 0.748. The van der Waals surface area contributed by atoms with E-state index in [1.807, 2.05) is 0 Å². The smallest absolute Gasteiger partial charge is 0.302 e. The average molecular weight is 246 g/mol. The van der Waals surface area contributed by atoms with Crippen molar-refractivity contribution in [3.63, 3.8) is 0 Å². The lowest BCUT2D eigenvalue weighted by atomic mass is 9.86. The minimum atomic E-state index is -0.265. The van der Waals surface area contributed by atoms with Crippen LogP contribution in [0.2, 0.25) is 0 Å². The van der Waals surface area contributed by atoms with Crippen LogP contribution in [-0.4, -0.2) is 12.6 Å². The topological polar surface area (TPSA) is 26.3 Å². The van der Waals surface area contributed by atoms with Gasteiger partial charge >= 0.3 is 5.97 Å². The van der Waals surface area contributed by atoms with E-state index in [1.165, 1.54) is 18.1 Å². The molecule has 0 aliphatic rings. The van der Waals surface area contributed by atoms with Gasteiger partial charge in [0.15, 0.2) is 0 Å². The number of carbonyl (C=O) groups is 1. The molecule has 0 N–H and O–H groups in total. The molecule has 0 bridgehead atoms. The van der Waals surface area contributed by atoms with Crippen molar-refractivity contribution in [3.05, 3.63) is 47.5 Å². The minimum Gasteiger partial charge on any atom is -0.461 e. The number of ether oxygens (including phenoxy) is 1. The van der Waals surface area contributed by atoms with Crippen LogP contribution in [0.15, 0.2) is 36.4 Å². The first-order valence-electron chi connectivity index (χ1n) is 6.18. The van der Waals surface area contributed by atoms with Crippen LogP contribution in [0.5, 0.6) is 0 Å². The molecule has 1 rings (SSSR count). The van der Waals surface area contributed by atoms with E-state index in [-0.39, 0.29) is 11.4 Å². The molecule has 2 nitrogen and oxygen atoms in total. The predicted octanol–water partition coefficient (Wildman–Crippen LogP) is 3.65. The molecule has 0 spiro atoms. The number of esters is 1. The van der Waals surface area contributed by atoms with Crippen molar-refractivity contribution in [2.24, 2.45) is 0 Å². The van der Waals surface area contributed by atoms with E-state index in [4.69, 9.17) is 4.74 Å². The minimum absolute atomic E-state index is 0.174. The fourth-order valence-corrected chi connectivity index (χ4v) is 1.67. The highest BCUT2D eigenvalue weighted by Crippen LogP contribution is 2.22. The highest BCUT2D eigenvalue weighted by atomic mass is 16.5. The van der Waals surface area contributed by atoms with E-state index in [2.05, 4.69) is 51.6 Å². The van der Waals surface area contributed by atoms with Gasteiger partial charge in [-0.1, -0.05) is 51.6 Å². The molecule has 1 aromatic rings. The Bertz CT molecular complexity index is 421. The Labute approximate surface area is 110 Å². The van der Waals surface area contributed by atoms with E-state index in [1.54, 1.807) is 0 Å². The molecule has 2 heteroatoms. The van der Waals surface area contributed by atoms with Crippen LogP contribution in [-0.2, 0) is 21.4 Å². The monoisotopic (exact) mass is 246 g/mol. The lowest BCUT2D eigenvalue weighted by Gasteiger charge is -2.19. The second-order valence-electron chi connectivity index (χ2n) is 5.65. The van der Waals surface area contributed by atoms with Crippen molar-refractivity contribution in [1.29, 1.82) is 0 Å². The Morgan fingerprint density at radius 2 is 1.78 bits per heavy atom. The summed E-state index contributed by atoms with van der Waals surface area (Å²) in [6.45, 7) is 12.2. The predicted molar refractivity (Wildman–Crippen MR) is 74.6 cm³/mol. The van der Waals surface area contributed by atoms with Crippen LogP contribution in [0, 0.1) is 0 Å². The number of hydrogen-bond acceptors (Lipinski definition) is 2. The second kappa shape index (κ2) is 5.85. The zero-order valence-electron chi connectivity index (χ0n) is 11.7. The summed E-state index contributed by atoms with van der Waals surface area (Å²) in [5.41, 5.74) is 3.60. The van der Waals surface area contributed by atoms with E-state index >= 15 is 0 Å². The Balaban J connectivity index is 2.59.